The van der Waals surface area contributed by atoms with Gasteiger partial charge < -0.3 is 18.9 Å². The zero-order chi connectivity index (χ0) is 16.0. The molecule has 118 valence electrons. The number of rotatable bonds is 8. The minimum Gasteiger partial charge on any atom is -0.491 e. The van der Waals surface area contributed by atoms with Crippen molar-refractivity contribution in [2.24, 2.45) is 0 Å². The van der Waals surface area contributed by atoms with Crippen molar-refractivity contribution in [2.75, 3.05) is 33.6 Å². The predicted octanol–water partition coefficient (Wildman–Crippen LogP) is 2.34. The highest BCUT2D eigenvalue weighted by Gasteiger charge is 2.19. The van der Waals surface area contributed by atoms with Crippen LogP contribution in [0, 0.1) is 13.8 Å². The molecule has 1 atom stereocenters. The van der Waals surface area contributed by atoms with E-state index in [1.54, 1.807) is 19.1 Å². The van der Waals surface area contributed by atoms with Crippen LogP contribution in [0.1, 0.15) is 21.5 Å². The molecule has 1 aromatic carbocycles. The quantitative estimate of drug-likeness (QED) is 0.585. The van der Waals surface area contributed by atoms with Crippen molar-refractivity contribution in [3.63, 3.8) is 0 Å². The van der Waals surface area contributed by atoms with Crippen molar-refractivity contribution < 1.29 is 28.3 Å². The van der Waals surface area contributed by atoms with Crippen molar-refractivity contribution in [3.05, 3.63) is 28.8 Å². The van der Waals surface area contributed by atoms with Gasteiger partial charge in [-0.3, -0.25) is 9.36 Å². The minimum atomic E-state index is -3.17. The molecule has 0 radical (unpaired) electrons. The van der Waals surface area contributed by atoms with E-state index < -0.39 is 7.60 Å². The van der Waals surface area contributed by atoms with Gasteiger partial charge in [-0.1, -0.05) is 0 Å². The average Bonchev–Trinajstić information content (AvgIpc) is 2.46. The van der Waals surface area contributed by atoms with Crippen LogP contribution in [0.25, 0.3) is 0 Å². The monoisotopic (exact) mass is 316 g/mol. The van der Waals surface area contributed by atoms with Gasteiger partial charge in [0.25, 0.3) is 0 Å². The molecule has 1 N–H and O–H groups in total. The molecule has 0 aliphatic heterocycles. The number of carbonyl (C=O) groups is 1. The average molecular weight is 316 g/mol. The van der Waals surface area contributed by atoms with Crippen molar-refractivity contribution in [3.8, 4) is 5.75 Å². The van der Waals surface area contributed by atoms with E-state index in [-0.39, 0.29) is 25.6 Å². The molecule has 0 aliphatic carbocycles. The molecule has 21 heavy (non-hydrogen) atoms. The molecule has 0 aliphatic rings. The lowest BCUT2D eigenvalue weighted by Gasteiger charge is -2.14. The van der Waals surface area contributed by atoms with Crippen LogP contribution < -0.4 is 4.74 Å². The fourth-order valence-electron chi connectivity index (χ4n) is 1.72. The smallest absolute Gasteiger partial charge is 0.327 e. The van der Waals surface area contributed by atoms with Crippen LogP contribution in [0.2, 0.25) is 0 Å². The molecule has 1 aromatic rings. The first-order chi connectivity index (χ1) is 9.82. The van der Waals surface area contributed by atoms with Gasteiger partial charge in [-0.05, 0) is 37.1 Å². The lowest BCUT2D eigenvalue weighted by Crippen LogP contribution is -2.11. The summed E-state index contributed by atoms with van der Waals surface area (Å²) < 4.78 is 26.7. The number of aliphatic hydroxyl groups excluding tert-OH is 1. The highest BCUT2D eigenvalue weighted by molar-refractivity contribution is 7.52. The lowest BCUT2D eigenvalue weighted by molar-refractivity contribution is 0.0906. The standard InChI is InChI=1S/C14H21O6P/c1-10-11(2)14(19-8-7-15)6-5-12(10)13(16)9-20-21(4,17)18-3/h5-6,15H,7-9H2,1-4H3. The van der Waals surface area contributed by atoms with Crippen molar-refractivity contribution in [1.29, 1.82) is 0 Å². The fourth-order valence-corrected chi connectivity index (χ4v) is 2.17. The Morgan fingerprint density at radius 1 is 1.29 bits per heavy atom. The summed E-state index contributed by atoms with van der Waals surface area (Å²) in [4.78, 5) is 12.1. The second kappa shape index (κ2) is 7.71. The summed E-state index contributed by atoms with van der Waals surface area (Å²) in [6.07, 6.45) is 0. The summed E-state index contributed by atoms with van der Waals surface area (Å²) in [5.74, 6) is 0.348. The molecule has 0 amide bonds. The SMILES string of the molecule is COP(C)(=O)OCC(=O)c1ccc(OCCO)c(C)c1C. The van der Waals surface area contributed by atoms with Gasteiger partial charge in [-0.2, -0.15) is 0 Å². The van der Waals surface area contributed by atoms with Crippen LogP contribution in [-0.2, 0) is 13.6 Å². The van der Waals surface area contributed by atoms with E-state index in [0.29, 0.717) is 11.3 Å². The normalized spacial score (nSPS) is 13.8. The van der Waals surface area contributed by atoms with E-state index in [1.165, 1.54) is 13.8 Å². The number of ether oxygens (including phenoxy) is 1. The molecule has 0 bridgehead atoms. The third-order valence-electron chi connectivity index (χ3n) is 3.15. The Balaban J connectivity index is 2.86. The number of Topliss-reactive ketones (excluding diaryl/α,β-unsaturated/α-hetero) is 1. The first kappa shape index (κ1) is 17.9. The summed E-state index contributed by atoms with van der Waals surface area (Å²) in [5.41, 5.74) is 2.07. The van der Waals surface area contributed by atoms with E-state index in [4.69, 9.17) is 14.4 Å². The second-order valence-corrected chi connectivity index (χ2v) is 6.75. The Hall–Kier alpha value is -1.20. The highest BCUT2D eigenvalue weighted by Crippen LogP contribution is 2.42. The van der Waals surface area contributed by atoms with E-state index in [0.717, 1.165) is 11.1 Å². The van der Waals surface area contributed by atoms with E-state index in [2.05, 4.69) is 4.52 Å². The molecule has 6 nitrogen and oxygen atoms in total. The van der Waals surface area contributed by atoms with Crippen LogP contribution >= 0.6 is 7.60 Å². The molecule has 0 spiro atoms. The van der Waals surface area contributed by atoms with Gasteiger partial charge in [0.15, 0.2) is 5.78 Å². The fraction of sp³-hybridized carbons (Fsp3) is 0.500. The third-order valence-corrected chi connectivity index (χ3v) is 4.41. The Labute approximate surface area is 124 Å². The maximum absolute atomic E-state index is 12.1. The summed E-state index contributed by atoms with van der Waals surface area (Å²) in [6, 6.07) is 3.31. The molecular formula is C14H21O6P. The molecule has 0 fully saturated rings. The van der Waals surface area contributed by atoms with Gasteiger partial charge in [-0.15, -0.1) is 0 Å². The number of ketones is 1. The van der Waals surface area contributed by atoms with Crippen molar-refractivity contribution in [2.45, 2.75) is 13.8 Å². The molecule has 1 rings (SSSR count). The van der Waals surface area contributed by atoms with Crippen LogP contribution in [0.4, 0.5) is 0 Å². The Morgan fingerprint density at radius 2 is 1.95 bits per heavy atom. The summed E-state index contributed by atoms with van der Waals surface area (Å²) >= 11 is 0. The van der Waals surface area contributed by atoms with Gasteiger partial charge in [-0.25, -0.2) is 0 Å². The second-order valence-electron chi connectivity index (χ2n) is 4.58. The number of benzene rings is 1. The van der Waals surface area contributed by atoms with Gasteiger partial charge in [0, 0.05) is 19.3 Å². The van der Waals surface area contributed by atoms with Gasteiger partial charge in [0.1, 0.15) is 19.0 Å². The predicted molar refractivity (Wildman–Crippen MR) is 79.3 cm³/mol. The Morgan fingerprint density at radius 3 is 2.52 bits per heavy atom. The Kier molecular flexibility index (Phi) is 6.55. The van der Waals surface area contributed by atoms with E-state index in [9.17, 15) is 9.36 Å². The maximum atomic E-state index is 12.1. The molecule has 0 aromatic heterocycles. The number of hydrogen-bond donors (Lipinski definition) is 1. The molecule has 1 unspecified atom stereocenters. The number of carbonyl (C=O) groups excluding carboxylic acids is 1. The Bertz CT molecular complexity index is 555. The van der Waals surface area contributed by atoms with E-state index >= 15 is 0 Å². The van der Waals surface area contributed by atoms with E-state index in [1.807, 2.05) is 6.92 Å². The molecule has 0 heterocycles. The molecular weight excluding hydrogens is 295 g/mol. The molecule has 0 saturated heterocycles. The summed E-state index contributed by atoms with van der Waals surface area (Å²) in [6.45, 7) is 4.76. The zero-order valence-electron chi connectivity index (χ0n) is 12.7. The number of aliphatic hydroxyl groups is 1. The first-order valence-corrected chi connectivity index (χ1v) is 8.46. The lowest BCUT2D eigenvalue weighted by atomic mass is 9.99. The highest BCUT2D eigenvalue weighted by atomic mass is 31.2. The van der Waals surface area contributed by atoms with Crippen LogP contribution in [0.5, 0.6) is 5.75 Å². The molecule has 7 heteroatoms. The molecule has 0 saturated carbocycles. The largest absolute Gasteiger partial charge is 0.491 e. The van der Waals surface area contributed by atoms with Crippen molar-refractivity contribution >= 4 is 13.4 Å². The first-order valence-electron chi connectivity index (χ1n) is 6.47. The summed E-state index contributed by atoms with van der Waals surface area (Å²) in [5, 5.41) is 8.77. The van der Waals surface area contributed by atoms with Crippen molar-refractivity contribution in [1.82, 2.24) is 0 Å². The van der Waals surface area contributed by atoms with Crippen LogP contribution in [0.15, 0.2) is 12.1 Å². The number of hydrogen-bond acceptors (Lipinski definition) is 6. The minimum absolute atomic E-state index is 0.0736. The topological polar surface area (TPSA) is 82.1 Å². The van der Waals surface area contributed by atoms with Gasteiger partial charge >= 0.3 is 7.60 Å². The third kappa shape index (κ3) is 4.93. The van der Waals surface area contributed by atoms with Crippen LogP contribution in [-0.4, -0.2) is 44.5 Å². The summed E-state index contributed by atoms with van der Waals surface area (Å²) in [7, 11) is -1.90. The van der Waals surface area contributed by atoms with Gasteiger partial charge in [0.2, 0.25) is 0 Å². The van der Waals surface area contributed by atoms with Crippen LogP contribution in [0.3, 0.4) is 0 Å². The van der Waals surface area contributed by atoms with Gasteiger partial charge in [0.05, 0.1) is 6.61 Å². The maximum Gasteiger partial charge on any atom is 0.327 e. The zero-order valence-corrected chi connectivity index (χ0v) is 13.6.